The predicted octanol–water partition coefficient (Wildman–Crippen LogP) is 4.59. The zero-order chi connectivity index (χ0) is 17.1. The largest absolute Gasteiger partial charge is 0.497 e. The summed E-state index contributed by atoms with van der Waals surface area (Å²) in [5.41, 5.74) is 2.80. The molecule has 0 aliphatic rings. The SMILES string of the molecule is COc1ccc(C(=O)Cc2ccc3cc(C)ccc3c2)c(OC)c1. The van der Waals surface area contributed by atoms with Gasteiger partial charge in [0.2, 0.25) is 0 Å². The molecular weight excluding hydrogens is 300 g/mol. The predicted molar refractivity (Wildman–Crippen MR) is 96.3 cm³/mol. The summed E-state index contributed by atoms with van der Waals surface area (Å²) in [5.74, 6) is 1.24. The lowest BCUT2D eigenvalue weighted by atomic mass is 9.99. The van der Waals surface area contributed by atoms with E-state index in [9.17, 15) is 4.79 Å². The van der Waals surface area contributed by atoms with Gasteiger partial charge in [0, 0.05) is 12.5 Å². The van der Waals surface area contributed by atoms with Crippen molar-refractivity contribution in [1.29, 1.82) is 0 Å². The molecule has 0 amide bonds. The van der Waals surface area contributed by atoms with Crippen molar-refractivity contribution in [3.63, 3.8) is 0 Å². The van der Waals surface area contributed by atoms with E-state index in [-0.39, 0.29) is 5.78 Å². The van der Waals surface area contributed by atoms with E-state index in [0.29, 0.717) is 23.5 Å². The number of ether oxygens (including phenoxy) is 2. The van der Waals surface area contributed by atoms with Crippen LogP contribution in [0.4, 0.5) is 0 Å². The molecule has 0 heterocycles. The van der Waals surface area contributed by atoms with Crippen molar-refractivity contribution in [2.75, 3.05) is 14.2 Å². The van der Waals surface area contributed by atoms with Gasteiger partial charge in [0.05, 0.1) is 19.8 Å². The Labute approximate surface area is 141 Å². The van der Waals surface area contributed by atoms with Gasteiger partial charge in [0.15, 0.2) is 5.78 Å². The Morgan fingerprint density at radius 3 is 2.38 bits per heavy atom. The molecule has 24 heavy (non-hydrogen) atoms. The zero-order valence-electron chi connectivity index (χ0n) is 14.1. The fourth-order valence-corrected chi connectivity index (χ4v) is 2.83. The molecular formula is C21H20O3. The molecule has 0 aliphatic heterocycles. The Balaban J connectivity index is 1.88. The summed E-state index contributed by atoms with van der Waals surface area (Å²) in [7, 11) is 3.15. The highest BCUT2D eigenvalue weighted by atomic mass is 16.5. The molecule has 0 N–H and O–H groups in total. The van der Waals surface area contributed by atoms with Crippen LogP contribution in [-0.4, -0.2) is 20.0 Å². The third-order valence-electron chi connectivity index (χ3n) is 4.13. The van der Waals surface area contributed by atoms with E-state index in [1.165, 1.54) is 10.9 Å². The molecule has 0 fully saturated rings. The van der Waals surface area contributed by atoms with Crippen molar-refractivity contribution in [3.8, 4) is 11.5 Å². The minimum absolute atomic E-state index is 0.0287. The van der Waals surface area contributed by atoms with E-state index in [0.717, 1.165) is 10.9 Å². The van der Waals surface area contributed by atoms with Gasteiger partial charge in [-0.15, -0.1) is 0 Å². The molecule has 0 spiro atoms. The van der Waals surface area contributed by atoms with Crippen LogP contribution in [-0.2, 0) is 6.42 Å². The standard InChI is InChI=1S/C21H20O3/c1-14-4-6-17-11-15(5-7-16(17)10-14)12-20(22)19-9-8-18(23-2)13-21(19)24-3/h4-11,13H,12H2,1-3H3. The molecule has 3 nitrogen and oxygen atoms in total. The third kappa shape index (κ3) is 3.25. The van der Waals surface area contributed by atoms with Crippen LogP contribution in [0.2, 0.25) is 0 Å². The number of hydrogen-bond donors (Lipinski definition) is 0. The lowest BCUT2D eigenvalue weighted by Gasteiger charge is -2.10. The maximum Gasteiger partial charge on any atom is 0.170 e. The van der Waals surface area contributed by atoms with E-state index in [4.69, 9.17) is 9.47 Å². The Morgan fingerprint density at radius 2 is 1.62 bits per heavy atom. The summed E-state index contributed by atoms with van der Waals surface area (Å²) in [6, 6.07) is 17.7. The summed E-state index contributed by atoms with van der Waals surface area (Å²) < 4.78 is 10.5. The van der Waals surface area contributed by atoms with Crippen molar-refractivity contribution in [2.24, 2.45) is 0 Å². The lowest BCUT2D eigenvalue weighted by molar-refractivity contribution is 0.0990. The first kappa shape index (κ1) is 16.1. The number of rotatable bonds is 5. The molecule has 0 saturated carbocycles. The van der Waals surface area contributed by atoms with Crippen LogP contribution >= 0.6 is 0 Å². The van der Waals surface area contributed by atoms with Gasteiger partial charge >= 0.3 is 0 Å². The van der Waals surface area contributed by atoms with Gasteiger partial charge in [-0.25, -0.2) is 0 Å². The molecule has 0 bridgehead atoms. The number of aryl methyl sites for hydroxylation is 1. The minimum Gasteiger partial charge on any atom is -0.497 e. The molecule has 0 atom stereocenters. The molecule has 3 aromatic carbocycles. The van der Waals surface area contributed by atoms with Crippen LogP contribution in [0.25, 0.3) is 10.8 Å². The lowest BCUT2D eigenvalue weighted by Crippen LogP contribution is -2.06. The Bertz CT molecular complexity index is 897. The topological polar surface area (TPSA) is 35.5 Å². The van der Waals surface area contributed by atoms with Crippen LogP contribution < -0.4 is 9.47 Å². The molecule has 3 aromatic rings. The van der Waals surface area contributed by atoms with Gasteiger partial charge in [0.25, 0.3) is 0 Å². The highest BCUT2D eigenvalue weighted by molar-refractivity contribution is 6.00. The van der Waals surface area contributed by atoms with Crippen molar-refractivity contribution in [3.05, 3.63) is 71.3 Å². The van der Waals surface area contributed by atoms with E-state index >= 15 is 0 Å². The molecule has 122 valence electrons. The minimum atomic E-state index is 0.0287. The number of ketones is 1. The van der Waals surface area contributed by atoms with Crippen LogP contribution in [0.1, 0.15) is 21.5 Å². The number of benzene rings is 3. The number of methoxy groups -OCH3 is 2. The van der Waals surface area contributed by atoms with Crippen molar-refractivity contribution in [1.82, 2.24) is 0 Å². The summed E-state index contributed by atoms with van der Waals surface area (Å²) in [5, 5.41) is 2.33. The number of carbonyl (C=O) groups excluding carboxylic acids is 1. The Kier molecular flexibility index (Phi) is 4.52. The third-order valence-corrected chi connectivity index (χ3v) is 4.13. The van der Waals surface area contributed by atoms with E-state index < -0.39 is 0 Å². The maximum atomic E-state index is 12.7. The zero-order valence-corrected chi connectivity index (χ0v) is 14.1. The molecule has 3 rings (SSSR count). The summed E-state index contributed by atoms with van der Waals surface area (Å²) in [4.78, 5) is 12.7. The molecule has 0 unspecified atom stereocenters. The number of carbonyl (C=O) groups is 1. The second kappa shape index (κ2) is 6.75. The molecule has 0 saturated heterocycles. The van der Waals surface area contributed by atoms with Gasteiger partial charge in [0.1, 0.15) is 11.5 Å². The molecule has 3 heteroatoms. The second-order valence-electron chi connectivity index (χ2n) is 5.85. The van der Waals surface area contributed by atoms with E-state index in [1.54, 1.807) is 32.4 Å². The van der Waals surface area contributed by atoms with Gasteiger partial charge in [-0.05, 0) is 35.4 Å². The first-order valence-electron chi connectivity index (χ1n) is 7.85. The Morgan fingerprint density at radius 1 is 0.875 bits per heavy atom. The Hall–Kier alpha value is -2.81. The second-order valence-corrected chi connectivity index (χ2v) is 5.85. The molecule has 0 aromatic heterocycles. The summed E-state index contributed by atoms with van der Waals surface area (Å²) >= 11 is 0. The van der Waals surface area contributed by atoms with Crippen molar-refractivity contribution < 1.29 is 14.3 Å². The fourth-order valence-electron chi connectivity index (χ4n) is 2.83. The van der Waals surface area contributed by atoms with Crippen LogP contribution in [0.15, 0.2) is 54.6 Å². The number of fused-ring (bicyclic) bond motifs is 1. The number of Topliss-reactive ketones (excluding diaryl/α,β-unsaturated/α-hetero) is 1. The average molecular weight is 320 g/mol. The highest BCUT2D eigenvalue weighted by Gasteiger charge is 2.14. The first-order valence-corrected chi connectivity index (χ1v) is 7.85. The smallest absolute Gasteiger partial charge is 0.170 e. The van der Waals surface area contributed by atoms with E-state index in [2.05, 4.69) is 37.3 Å². The normalized spacial score (nSPS) is 10.6. The molecule has 0 radical (unpaired) electrons. The van der Waals surface area contributed by atoms with Crippen molar-refractivity contribution in [2.45, 2.75) is 13.3 Å². The fraction of sp³-hybridized carbons (Fsp3) is 0.190. The maximum absolute atomic E-state index is 12.7. The first-order chi connectivity index (χ1) is 11.6. The van der Waals surface area contributed by atoms with E-state index in [1.807, 2.05) is 6.07 Å². The molecule has 0 aliphatic carbocycles. The number of hydrogen-bond acceptors (Lipinski definition) is 3. The van der Waals surface area contributed by atoms with Crippen LogP contribution in [0, 0.1) is 6.92 Å². The van der Waals surface area contributed by atoms with Crippen LogP contribution in [0.5, 0.6) is 11.5 Å². The van der Waals surface area contributed by atoms with Gasteiger partial charge < -0.3 is 9.47 Å². The monoisotopic (exact) mass is 320 g/mol. The highest BCUT2D eigenvalue weighted by Crippen LogP contribution is 2.26. The summed E-state index contributed by atoms with van der Waals surface area (Å²) in [6.45, 7) is 2.08. The quantitative estimate of drug-likeness (QED) is 0.645. The van der Waals surface area contributed by atoms with Gasteiger partial charge in [-0.1, -0.05) is 42.0 Å². The summed E-state index contributed by atoms with van der Waals surface area (Å²) in [6.07, 6.45) is 0.340. The van der Waals surface area contributed by atoms with Crippen LogP contribution in [0.3, 0.4) is 0 Å². The van der Waals surface area contributed by atoms with Gasteiger partial charge in [-0.3, -0.25) is 4.79 Å². The van der Waals surface area contributed by atoms with Crippen molar-refractivity contribution >= 4 is 16.6 Å². The van der Waals surface area contributed by atoms with Gasteiger partial charge in [-0.2, -0.15) is 0 Å². The average Bonchev–Trinajstić information content (AvgIpc) is 2.61.